The number of rotatable bonds is 33. The molecule has 1 aromatic carbocycles. The van der Waals surface area contributed by atoms with Crippen LogP contribution >= 0.6 is 7.75 Å². The molecule has 23 heteroatoms. The lowest BCUT2D eigenvalue weighted by atomic mass is 9.89. The summed E-state index contributed by atoms with van der Waals surface area (Å²) in [7, 11) is 0.912. The molecule has 3 heterocycles. The zero-order valence-electron chi connectivity index (χ0n) is 49.3. The second-order valence-corrected chi connectivity index (χ2v) is 24.0. The van der Waals surface area contributed by atoms with Gasteiger partial charge in [0.25, 0.3) is 11.8 Å². The van der Waals surface area contributed by atoms with Crippen LogP contribution < -0.4 is 16.0 Å². The number of aromatic nitrogens is 1. The first kappa shape index (κ1) is 67.8. The van der Waals surface area contributed by atoms with Crippen LogP contribution in [0.15, 0.2) is 67.0 Å². The Kier molecular flexibility index (Phi) is 26.9. The van der Waals surface area contributed by atoms with Crippen molar-refractivity contribution in [2.45, 2.75) is 162 Å². The predicted molar refractivity (Wildman–Crippen MR) is 303 cm³/mol. The number of ether oxygens (including phenoxy) is 2. The number of carbonyl (C=O) groups is 8. The number of aliphatic hydroxyl groups is 1. The molecule has 0 radical (unpaired) electrons. The highest BCUT2D eigenvalue weighted by Gasteiger charge is 2.45. The van der Waals surface area contributed by atoms with Gasteiger partial charge in [0.05, 0.1) is 42.7 Å². The molecule has 2 aliphatic heterocycles. The number of likely N-dealkylation sites (N-methyl/N-ethyl adjacent to an activating group) is 2. The molecule has 2 aromatic rings. The fourth-order valence-corrected chi connectivity index (χ4v) is 12.0. The van der Waals surface area contributed by atoms with E-state index in [1.807, 2.05) is 32.0 Å². The van der Waals surface area contributed by atoms with E-state index < -0.39 is 110 Å². The number of benzene rings is 1. The van der Waals surface area contributed by atoms with Gasteiger partial charge in [0.1, 0.15) is 18.2 Å². The van der Waals surface area contributed by atoms with Crippen LogP contribution in [0.1, 0.15) is 124 Å². The van der Waals surface area contributed by atoms with Crippen LogP contribution in [0.4, 0.5) is 0 Å². The first-order valence-electron chi connectivity index (χ1n) is 28.2. The molecule has 4 rings (SSSR count). The minimum absolute atomic E-state index is 0.0363. The van der Waals surface area contributed by atoms with Gasteiger partial charge in [-0.25, -0.2) is 9.46 Å². The zero-order chi connectivity index (χ0) is 60.3. The first-order valence-corrected chi connectivity index (χ1v) is 29.8. The molecular weight excluding hydrogens is 1060 g/mol. The Hall–Kier alpha value is -5.74. The second-order valence-electron chi connectivity index (χ2n) is 22.2. The van der Waals surface area contributed by atoms with Crippen LogP contribution in [-0.2, 0) is 63.3 Å². The topological polar surface area (TPSA) is 284 Å². The van der Waals surface area contributed by atoms with Crippen LogP contribution in [0.2, 0.25) is 0 Å². The van der Waals surface area contributed by atoms with Gasteiger partial charge >= 0.3 is 7.75 Å². The standard InChI is InChI=1S/C58H89N8O14P/c1-13-38(6)52(45(78-11)33-49(70)65-32-29-43(35-65)54(79-12)39(7)55(72)61-40(8)53(71)42-22-16-14-17-23-42)63(9)58(75)50(36(2)3)62-57(74)51(37(4)5)64(10)81(76,77)80-44(26-25-41-21-20-30-59-34-41)56(73)60-31-19-15-18-24-46(67)66-47(68)27-28-48(66)69/h14,16-17,20-23,27-28,30,34,36-40,43-45,50-54,71H,13,15,18-19,24-26,29,31-33,35H2,1-12H3,(H,60,73)(H,61,72)(H,62,74)(H,76,77)/t38-,39+,40+,43?,44?,45+,50-,51-,52-,53+,54+/m0/s1. The predicted octanol–water partition coefficient (Wildman–Crippen LogP) is 4.74. The van der Waals surface area contributed by atoms with E-state index in [0.717, 1.165) is 22.4 Å². The van der Waals surface area contributed by atoms with Crippen LogP contribution in [0, 0.1) is 29.6 Å². The maximum Gasteiger partial charge on any atom is 0.406 e. The molecule has 2 aliphatic rings. The average molecular weight is 1150 g/mol. The molecule has 81 heavy (non-hydrogen) atoms. The SMILES string of the molecule is CC[C@H](C)[C@@H]([C@@H](CC(=O)N1CCC([C@H](OC)[C@@H](C)C(=O)N[C@H](C)[C@@H](O)c2ccccc2)C1)OC)N(C)C(=O)[C@@H](NC(=O)[C@H](C(C)C)N(C)P(=O)(O)OC(CCc1cccnc1)C(=O)NCCCCCC(=O)N1C(=O)C=CC1=O)C(C)C. The summed E-state index contributed by atoms with van der Waals surface area (Å²) in [5.74, 6) is -6.42. The minimum Gasteiger partial charge on any atom is -0.386 e. The van der Waals surface area contributed by atoms with Gasteiger partial charge in [-0.1, -0.05) is 97.7 Å². The van der Waals surface area contributed by atoms with Crippen molar-refractivity contribution in [2.24, 2.45) is 29.6 Å². The Balaban J connectivity index is 1.42. The third-order valence-electron chi connectivity index (χ3n) is 15.6. The molecule has 3 unspecified atom stereocenters. The summed E-state index contributed by atoms with van der Waals surface area (Å²) in [5, 5.41) is 19.4. The smallest absolute Gasteiger partial charge is 0.386 e. The molecule has 1 fully saturated rings. The molecule has 0 saturated carbocycles. The maximum atomic E-state index is 14.8. The molecule has 450 valence electrons. The van der Waals surface area contributed by atoms with Crippen LogP contribution in [0.5, 0.6) is 0 Å². The van der Waals surface area contributed by atoms with Crippen molar-refractivity contribution in [1.29, 1.82) is 0 Å². The van der Waals surface area contributed by atoms with Crippen molar-refractivity contribution < 1.29 is 66.9 Å². The van der Waals surface area contributed by atoms with E-state index in [-0.39, 0.29) is 55.9 Å². The molecule has 8 amide bonds. The van der Waals surface area contributed by atoms with Crippen molar-refractivity contribution in [3.05, 3.63) is 78.1 Å². The van der Waals surface area contributed by atoms with Crippen molar-refractivity contribution in [3.8, 4) is 0 Å². The molecule has 0 bridgehead atoms. The first-order chi connectivity index (χ1) is 38.3. The number of unbranched alkanes of at least 4 members (excludes halogenated alkanes) is 2. The number of nitrogens with one attached hydrogen (secondary N) is 3. The summed E-state index contributed by atoms with van der Waals surface area (Å²) in [6.07, 6.45) is 4.04. The Morgan fingerprint density at radius 3 is 2.09 bits per heavy atom. The summed E-state index contributed by atoms with van der Waals surface area (Å²) >= 11 is 0. The number of aryl methyl sites for hydroxylation is 1. The Bertz CT molecular complexity index is 2490. The van der Waals surface area contributed by atoms with Crippen molar-refractivity contribution in [2.75, 3.05) is 47.9 Å². The molecule has 1 saturated heterocycles. The summed E-state index contributed by atoms with van der Waals surface area (Å²) in [6.45, 7) is 15.2. The molecule has 1 aromatic heterocycles. The zero-order valence-corrected chi connectivity index (χ0v) is 50.2. The number of pyridine rings is 1. The quantitative estimate of drug-likeness (QED) is 0.0367. The molecule has 22 nitrogen and oxygen atoms in total. The van der Waals surface area contributed by atoms with Crippen LogP contribution in [0.25, 0.3) is 0 Å². The molecule has 0 spiro atoms. The van der Waals surface area contributed by atoms with E-state index in [1.54, 1.807) is 97.3 Å². The molecule has 0 aliphatic carbocycles. The van der Waals surface area contributed by atoms with Gasteiger partial charge < -0.3 is 45.2 Å². The lowest BCUT2D eigenvalue weighted by Crippen LogP contribution is -2.59. The number of hydrogen-bond acceptors (Lipinski definition) is 14. The fourth-order valence-electron chi connectivity index (χ4n) is 10.6. The van der Waals surface area contributed by atoms with Gasteiger partial charge in [-0.15, -0.1) is 0 Å². The molecule has 5 N–H and O–H groups in total. The number of likely N-dealkylation sites (tertiary alicyclic amines) is 1. The van der Waals surface area contributed by atoms with E-state index in [0.29, 0.717) is 55.7 Å². The summed E-state index contributed by atoms with van der Waals surface area (Å²) in [6, 6.07) is 8.90. The number of methoxy groups -OCH3 is 2. The van der Waals surface area contributed by atoms with Crippen molar-refractivity contribution >= 4 is 55.0 Å². The third kappa shape index (κ3) is 18.9. The van der Waals surface area contributed by atoms with Gasteiger partial charge in [0.15, 0.2) is 0 Å². The third-order valence-corrected chi connectivity index (χ3v) is 17.2. The number of hydrogen-bond donors (Lipinski definition) is 5. The highest BCUT2D eigenvalue weighted by Crippen LogP contribution is 2.49. The van der Waals surface area contributed by atoms with Gasteiger partial charge in [-0.05, 0) is 81.0 Å². The van der Waals surface area contributed by atoms with E-state index in [9.17, 15) is 52.9 Å². The lowest BCUT2D eigenvalue weighted by Gasteiger charge is -2.40. The van der Waals surface area contributed by atoms with E-state index >= 15 is 0 Å². The summed E-state index contributed by atoms with van der Waals surface area (Å²) < 4.78 is 33.0. The Morgan fingerprint density at radius 2 is 1.51 bits per heavy atom. The Morgan fingerprint density at radius 1 is 0.840 bits per heavy atom. The fraction of sp³-hybridized carbons (Fsp3) is 0.638. The highest BCUT2D eigenvalue weighted by atomic mass is 31.2. The largest absolute Gasteiger partial charge is 0.406 e. The number of carbonyl (C=O) groups excluding carboxylic acids is 8. The number of aliphatic hydroxyl groups excluding tert-OH is 1. The average Bonchev–Trinajstić information content (AvgIpc) is 4.09. The summed E-state index contributed by atoms with van der Waals surface area (Å²) in [5.41, 5.74) is 1.42. The number of amides is 8. The number of imide groups is 3. The van der Waals surface area contributed by atoms with Crippen LogP contribution in [-0.4, -0.2) is 172 Å². The van der Waals surface area contributed by atoms with Gasteiger partial charge in [-0.2, -0.15) is 4.67 Å². The van der Waals surface area contributed by atoms with E-state index in [4.69, 9.17) is 14.0 Å². The second kappa shape index (κ2) is 32.2. The summed E-state index contributed by atoms with van der Waals surface area (Å²) in [4.78, 5) is 126. The van der Waals surface area contributed by atoms with Crippen LogP contribution in [0.3, 0.4) is 0 Å². The Labute approximate surface area is 478 Å². The lowest BCUT2D eigenvalue weighted by molar-refractivity contribution is -0.148. The minimum atomic E-state index is -4.97. The van der Waals surface area contributed by atoms with E-state index in [2.05, 4.69) is 20.9 Å². The van der Waals surface area contributed by atoms with Gasteiger partial charge in [0, 0.05) is 77.8 Å². The van der Waals surface area contributed by atoms with Gasteiger partial charge in [0.2, 0.25) is 35.4 Å². The van der Waals surface area contributed by atoms with Crippen molar-refractivity contribution in [1.82, 2.24) is 40.3 Å². The van der Waals surface area contributed by atoms with Gasteiger partial charge in [-0.3, -0.25) is 47.9 Å². The van der Waals surface area contributed by atoms with Crippen molar-refractivity contribution in [3.63, 3.8) is 0 Å². The highest BCUT2D eigenvalue weighted by molar-refractivity contribution is 7.50. The monoisotopic (exact) mass is 1150 g/mol. The number of nitrogens with zero attached hydrogens (tertiary/aromatic N) is 5. The maximum absolute atomic E-state index is 14.8. The van der Waals surface area contributed by atoms with E-state index in [1.165, 1.54) is 19.1 Å². The normalized spacial score (nSPS) is 19.0. The molecular formula is C58H89N8O14P. The molecule has 12 atom stereocenters.